The third-order valence-electron chi connectivity index (χ3n) is 2.31. The summed E-state index contributed by atoms with van der Waals surface area (Å²) < 4.78 is 1.85. The molecule has 1 aromatic heterocycles. The molecule has 3 nitrogen and oxygen atoms in total. The van der Waals surface area contributed by atoms with Gasteiger partial charge in [0.15, 0.2) is 0 Å². The molecule has 0 saturated heterocycles. The highest BCUT2D eigenvalue weighted by Crippen LogP contribution is 2.12. The lowest BCUT2D eigenvalue weighted by Crippen LogP contribution is -1.98. The summed E-state index contributed by atoms with van der Waals surface area (Å²) in [6.07, 6.45) is 1.87. The highest BCUT2D eigenvalue weighted by atomic mass is 15.0. The van der Waals surface area contributed by atoms with Crippen molar-refractivity contribution in [3.05, 3.63) is 53.9 Å². The van der Waals surface area contributed by atoms with E-state index in [1.165, 1.54) is 0 Å². The molecule has 15 heavy (non-hydrogen) atoms. The van der Waals surface area contributed by atoms with Gasteiger partial charge in [-0.3, -0.25) is 0 Å². The van der Waals surface area contributed by atoms with Crippen LogP contribution in [0.5, 0.6) is 0 Å². The monoisotopic (exact) mass is 197 g/mol. The Hall–Kier alpha value is -2.05. The molecule has 0 amide bonds. The van der Waals surface area contributed by atoms with E-state index in [1.807, 2.05) is 41.1 Å². The highest BCUT2D eigenvalue weighted by Gasteiger charge is 2.01. The minimum absolute atomic E-state index is 0.539. The maximum atomic E-state index is 8.88. The topological polar surface area (TPSA) is 54.7 Å². The molecule has 0 spiro atoms. The van der Waals surface area contributed by atoms with Crippen LogP contribution in [0, 0.1) is 11.3 Å². The number of nitriles is 1. The van der Waals surface area contributed by atoms with E-state index in [0.29, 0.717) is 12.2 Å². The van der Waals surface area contributed by atoms with E-state index in [0.717, 1.165) is 11.3 Å². The summed E-state index contributed by atoms with van der Waals surface area (Å²) in [5.74, 6) is 0. The average molecular weight is 197 g/mol. The molecule has 0 radical (unpaired) electrons. The molecule has 2 rings (SSSR count). The second-order valence-corrected chi connectivity index (χ2v) is 3.25. The molecule has 0 bridgehead atoms. The predicted molar refractivity (Wildman–Crippen MR) is 58.4 cm³/mol. The van der Waals surface area contributed by atoms with Crippen LogP contribution in [0.15, 0.2) is 42.6 Å². The Balaban J connectivity index is 2.42. The Bertz CT molecular complexity index is 488. The fourth-order valence-corrected chi connectivity index (χ4v) is 1.49. The van der Waals surface area contributed by atoms with E-state index in [-0.39, 0.29) is 0 Å². The Morgan fingerprint density at radius 3 is 2.53 bits per heavy atom. The van der Waals surface area contributed by atoms with Crippen molar-refractivity contribution in [1.82, 2.24) is 4.57 Å². The SMILES string of the molecule is N#Cc1cccn1-c1ccc(CN)cc1. The molecule has 1 aromatic carbocycles. The fraction of sp³-hybridized carbons (Fsp3) is 0.0833. The maximum absolute atomic E-state index is 8.88. The Morgan fingerprint density at radius 2 is 1.93 bits per heavy atom. The molecule has 1 heterocycles. The Kier molecular flexibility index (Phi) is 2.53. The first-order chi connectivity index (χ1) is 7.35. The highest BCUT2D eigenvalue weighted by molar-refractivity contribution is 5.40. The van der Waals surface area contributed by atoms with Gasteiger partial charge in [0.05, 0.1) is 0 Å². The van der Waals surface area contributed by atoms with Crippen LogP contribution in [0.4, 0.5) is 0 Å². The maximum Gasteiger partial charge on any atom is 0.124 e. The number of hydrogen-bond donors (Lipinski definition) is 1. The number of rotatable bonds is 2. The molecule has 0 aliphatic rings. The number of nitrogens with two attached hydrogens (primary N) is 1. The van der Waals surface area contributed by atoms with Crippen molar-refractivity contribution in [2.75, 3.05) is 0 Å². The molecule has 3 heteroatoms. The summed E-state index contributed by atoms with van der Waals surface area (Å²) in [5.41, 5.74) is 8.22. The van der Waals surface area contributed by atoms with Crippen LogP contribution in [-0.4, -0.2) is 4.57 Å². The summed E-state index contributed by atoms with van der Waals surface area (Å²) in [7, 11) is 0. The summed E-state index contributed by atoms with van der Waals surface area (Å²) in [6, 6.07) is 13.6. The first-order valence-corrected chi connectivity index (χ1v) is 4.72. The molecule has 2 aromatic rings. The lowest BCUT2D eigenvalue weighted by atomic mass is 10.2. The van der Waals surface area contributed by atoms with Crippen LogP contribution in [0.2, 0.25) is 0 Å². The second kappa shape index (κ2) is 3.99. The number of aromatic nitrogens is 1. The lowest BCUT2D eigenvalue weighted by molar-refractivity contribution is 1.03. The Labute approximate surface area is 88.4 Å². The van der Waals surface area contributed by atoms with Crippen LogP contribution in [0.3, 0.4) is 0 Å². The summed E-state index contributed by atoms with van der Waals surface area (Å²) in [4.78, 5) is 0. The largest absolute Gasteiger partial charge is 0.326 e. The quantitative estimate of drug-likeness (QED) is 0.798. The summed E-state index contributed by atoms with van der Waals surface area (Å²) >= 11 is 0. The van der Waals surface area contributed by atoms with E-state index >= 15 is 0 Å². The predicted octanol–water partition coefficient (Wildman–Crippen LogP) is 1.81. The minimum Gasteiger partial charge on any atom is -0.326 e. The normalized spacial score (nSPS) is 9.87. The van der Waals surface area contributed by atoms with Crippen molar-refractivity contribution in [3.8, 4) is 11.8 Å². The van der Waals surface area contributed by atoms with Crippen molar-refractivity contribution in [2.24, 2.45) is 5.73 Å². The third-order valence-corrected chi connectivity index (χ3v) is 2.31. The first kappa shape index (κ1) is 9.50. The number of nitrogens with zero attached hydrogens (tertiary/aromatic N) is 2. The first-order valence-electron chi connectivity index (χ1n) is 4.72. The van der Waals surface area contributed by atoms with Crippen LogP contribution in [0.25, 0.3) is 5.69 Å². The van der Waals surface area contributed by atoms with Gasteiger partial charge in [-0.2, -0.15) is 5.26 Å². The zero-order valence-corrected chi connectivity index (χ0v) is 8.22. The third kappa shape index (κ3) is 1.76. The molecule has 0 atom stereocenters. The molecule has 0 aliphatic heterocycles. The molecule has 0 fully saturated rings. The van der Waals surface area contributed by atoms with E-state index in [4.69, 9.17) is 11.0 Å². The minimum atomic E-state index is 0.539. The summed E-state index contributed by atoms with van der Waals surface area (Å²) in [5, 5.41) is 8.88. The Morgan fingerprint density at radius 1 is 1.20 bits per heavy atom. The van der Waals surface area contributed by atoms with Gasteiger partial charge in [-0.25, -0.2) is 0 Å². The molecule has 0 aliphatic carbocycles. The van der Waals surface area contributed by atoms with Gasteiger partial charge in [0.1, 0.15) is 11.8 Å². The van der Waals surface area contributed by atoms with Gasteiger partial charge >= 0.3 is 0 Å². The van der Waals surface area contributed by atoms with E-state index in [2.05, 4.69) is 6.07 Å². The standard InChI is InChI=1S/C12H11N3/c13-8-10-3-5-11(6-4-10)15-7-1-2-12(15)9-14/h1-7H,8,13H2. The summed E-state index contributed by atoms with van der Waals surface area (Å²) in [6.45, 7) is 0.539. The molecule has 0 unspecified atom stereocenters. The van der Waals surface area contributed by atoms with Crippen molar-refractivity contribution in [1.29, 1.82) is 5.26 Å². The van der Waals surface area contributed by atoms with Gasteiger partial charge in [-0.15, -0.1) is 0 Å². The average Bonchev–Trinajstić information content (AvgIpc) is 2.77. The van der Waals surface area contributed by atoms with Crippen molar-refractivity contribution >= 4 is 0 Å². The lowest BCUT2D eigenvalue weighted by Gasteiger charge is -2.05. The van der Waals surface area contributed by atoms with E-state index < -0.39 is 0 Å². The van der Waals surface area contributed by atoms with Gasteiger partial charge in [0.2, 0.25) is 0 Å². The van der Waals surface area contributed by atoms with Crippen LogP contribution in [0.1, 0.15) is 11.3 Å². The van der Waals surface area contributed by atoms with Gasteiger partial charge in [-0.1, -0.05) is 12.1 Å². The smallest absolute Gasteiger partial charge is 0.124 e. The van der Waals surface area contributed by atoms with Gasteiger partial charge < -0.3 is 10.3 Å². The van der Waals surface area contributed by atoms with E-state index in [1.54, 1.807) is 6.07 Å². The van der Waals surface area contributed by atoms with Crippen LogP contribution < -0.4 is 5.73 Å². The second-order valence-electron chi connectivity index (χ2n) is 3.25. The fourth-order valence-electron chi connectivity index (χ4n) is 1.49. The molecular weight excluding hydrogens is 186 g/mol. The van der Waals surface area contributed by atoms with Gasteiger partial charge in [0, 0.05) is 18.4 Å². The van der Waals surface area contributed by atoms with Crippen LogP contribution in [-0.2, 0) is 6.54 Å². The number of benzene rings is 1. The van der Waals surface area contributed by atoms with Gasteiger partial charge in [-0.05, 0) is 29.8 Å². The van der Waals surface area contributed by atoms with Crippen molar-refractivity contribution in [3.63, 3.8) is 0 Å². The van der Waals surface area contributed by atoms with Crippen molar-refractivity contribution < 1.29 is 0 Å². The molecular formula is C12H11N3. The molecule has 0 saturated carbocycles. The van der Waals surface area contributed by atoms with Crippen molar-refractivity contribution in [2.45, 2.75) is 6.54 Å². The van der Waals surface area contributed by atoms with Gasteiger partial charge in [0.25, 0.3) is 0 Å². The molecule has 2 N–H and O–H groups in total. The zero-order valence-electron chi connectivity index (χ0n) is 8.22. The zero-order chi connectivity index (χ0) is 10.7. The number of hydrogen-bond acceptors (Lipinski definition) is 2. The molecule has 74 valence electrons. The van der Waals surface area contributed by atoms with Crippen LogP contribution >= 0.6 is 0 Å². The van der Waals surface area contributed by atoms with E-state index in [9.17, 15) is 0 Å².